The van der Waals surface area contributed by atoms with E-state index in [1.807, 2.05) is 30.3 Å². The summed E-state index contributed by atoms with van der Waals surface area (Å²) < 4.78 is 7.85. The molecule has 6 rings (SSSR count). The molecule has 0 bridgehead atoms. The lowest BCUT2D eigenvalue weighted by molar-refractivity contribution is -0.129. The van der Waals surface area contributed by atoms with E-state index in [0.29, 0.717) is 18.2 Å². The van der Waals surface area contributed by atoms with Crippen molar-refractivity contribution >= 4 is 29.2 Å². The maximum atomic E-state index is 12.3. The van der Waals surface area contributed by atoms with Crippen molar-refractivity contribution in [3.63, 3.8) is 0 Å². The highest BCUT2D eigenvalue weighted by molar-refractivity contribution is 6.11. The van der Waals surface area contributed by atoms with Crippen molar-refractivity contribution in [2.24, 2.45) is 4.99 Å². The Morgan fingerprint density at radius 1 is 1.22 bits per heavy atom. The molecule has 1 aromatic carbocycles. The number of carbonyl (C=O) groups excluding carboxylic acids is 1. The number of aryl methyl sites for hydroxylation is 1. The monoisotopic (exact) mass is 499 g/mol. The molecule has 1 unspecified atom stereocenters. The number of rotatable bonds is 3. The zero-order chi connectivity index (χ0) is 25.5. The van der Waals surface area contributed by atoms with Crippen LogP contribution in [-0.4, -0.2) is 59.3 Å². The Balaban J connectivity index is 1.44. The number of allylic oxidation sites excluding steroid dienone is 1. The summed E-state index contributed by atoms with van der Waals surface area (Å²) in [7, 11) is 0. The summed E-state index contributed by atoms with van der Waals surface area (Å²) in [5, 5.41) is 18.6. The van der Waals surface area contributed by atoms with E-state index in [4.69, 9.17) is 9.84 Å². The molecule has 0 spiro atoms. The highest BCUT2D eigenvalue weighted by Crippen LogP contribution is 2.41. The Kier molecular flexibility index (Phi) is 6.21. The molecular formula is C28H33N7O2. The van der Waals surface area contributed by atoms with Gasteiger partial charge in [0.25, 0.3) is 0 Å². The maximum absolute atomic E-state index is 12.3. The molecule has 1 N–H and O–H groups in total. The highest BCUT2D eigenvalue weighted by Gasteiger charge is 2.33. The molecule has 1 atom stereocenters. The van der Waals surface area contributed by atoms with Gasteiger partial charge in [0.15, 0.2) is 5.82 Å². The predicted molar refractivity (Wildman–Crippen MR) is 142 cm³/mol. The second-order valence-electron chi connectivity index (χ2n) is 10.3. The normalized spacial score (nSPS) is 21.5. The van der Waals surface area contributed by atoms with Crippen molar-refractivity contribution in [2.75, 3.05) is 31.2 Å². The van der Waals surface area contributed by atoms with Gasteiger partial charge in [-0.2, -0.15) is 10.4 Å². The minimum absolute atomic E-state index is 0.0361. The molecule has 37 heavy (non-hydrogen) atoms. The molecule has 9 nitrogen and oxygen atoms in total. The summed E-state index contributed by atoms with van der Waals surface area (Å²) >= 11 is 0. The van der Waals surface area contributed by atoms with Gasteiger partial charge in [0.05, 0.1) is 24.2 Å². The Bertz CT molecular complexity index is 1330. The number of aromatic nitrogens is 2. The first-order valence-electron chi connectivity index (χ1n) is 13.3. The predicted octanol–water partition coefficient (Wildman–Crippen LogP) is 3.46. The van der Waals surface area contributed by atoms with E-state index in [0.717, 1.165) is 86.6 Å². The SMILES string of the molecule is CC(=O)N1CCc2c(c(N3CCCc4cc(C5=CNC(C)N=C5)c(C#N)cc43)nn2C2CCOCC2)C1. The summed E-state index contributed by atoms with van der Waals surface area (Å²) in [6.45, 7) is 7.27. The third-order valence-corrected chi connectivity index (χ3v) is 7.99. The fourth-order valence-corrected chi connectivity index (χ4v) is 5.96. The number of nitrogens with zero attached hydrogens (tertiary/aromatic N) is 6. The van der Waals surface area contributed by atoms with Crippen LogP contribution in [0, 0.1) is 11.3 Å². The van der Waals surface area contributed by atoms with Crippen LogP contribution in [0.5, 0.6) is 0 Å². The number of ether oxygens (including phenoxy) is 1. The topological polar surface area (TPSA) is 98.8 Å². The summed E-state index contributed by atoms with van der Waals surface area (Å²) in [5.74, 6) is 1.02. The number of hydrogen-bond acceptors (Lipinski definition) is 7. The molecule has 0 saturated carbocycles. The van der Waals surface area contributed by atoms with Gasteiger partial charge < -0.3 is 19.9 Å². The molecule has 1 saturated heterocycles. The summed E-state index contributed by atoms with van der Waals surface area (Å²) in [6, 6.07) is 6.90. The number of benzene rings is 1. The van der Waals surface area contributed by atoms with Gasteiger partial charge in [-0.05, 0) is 50.3 Å². The Morgan fingerprint density at radius 3 is 2.78 bits per heavy atom. The van der Waals surface area contributed by atoms with Gasteiger partial charge in [0.1, 0.15) is 6.17 Å². The fourth-order valence-electron chi connectivity index (χ4n) is 5.96. The molecule has 0 radical (unpaired) electrons. The summed E-state index contributed by atoms with van der Waals surface area (Å²) in [5.41, 5.74) is 7.10. The molecule has 9 heteroatoms. The van der Waals surface area contributed by atoms with Crippen LogP contribution in [0.15, 0.2) is 23.3 Å². The zero-order valence-corrected chi connectivity index (χ0v) is 21.5. The van der Waals surface area contributed by atoms with Crippen molar-refractivity contribution in [3.05, 3.63) is 46.3 Å². The number of nitriles is 1. The number of fused-ring (bicyclic) bond motifs is 2. The van der Waals surface area contributed by atoms with Gasteiger partial charge >= 0.3 is 0 Å². The number of amides is 1. The third kappa shape index (κ3) is 4.29. The van der Waals surface area contributed by atoms with Gasteiger partial charge in [-0.1, -0.05) is 0 Å². The van der Waals surface area contributed by atoms with Crippen LogP contribution in [0.25, 0.3) is 5.57 Å². The van der Waals surface area contributed by atoms with Crippen LogP contribution >= 0.6 is 0 Å². The first-order chi connectivity index (χ1) is 18.0. The second-order valence-corrected chi connectivity index (χ2v) is 10.3. The van der Waals surface area contributed by atoms with E-state index >= 15 is 0 Å². The lowest BCUT2D eigenvalue weighted by Crippen LogP contribution is -2.36. The van der Waals surface area contributed by atoms with E-state index in [-0.39, 0.29) is 12.1 Å². The molecule has 1 amide bonds. The number of hydrogen-bond donors (Lipinski definition) is 1. The quantitative estimate of drug-likeness (QED) is 0.695. The first kappa shape index (κ1) is 23.7. The van der Waals surface area contributed by atoms with Crippen LogP contribution in [0.1, 0.15) is 67.1 Å². The standard InChI is InChI=1S/C28H33N7O2/c1-18-30-15-22(16-31-18)24-12-20-4-3-8-34(27(20)13-21(24)14-29)28-25-17-33(19(2)36)9-5-26(25)35(32-28)23-6-10-37-11-7-23/h12-13,15-16,18,23,30H,3-11,17H2,1-2H3. The van der Waals surface area contributed by atoms with Crippen molar-refractivity contribution in [2.45, 2.75) is 64.7 Å². The largest absolute Gasteiger partial charge is 0.381 e. The van der Waals surface area contributed by atoms with Crippen LogP contribution < -0.4 is 10.2 Å². The van der Waals surface area contributed by atoms with Gasteiger partial charge in [-0.3, -0.25) is 14.5 Å². The van der Waals surface area contributed by atoms with Crippen LogP contribution in [0.4, 0.5) is 11.5 Å². The summed E-state index contributed by atoms with van der Waals surface area (Å²) in [4.78, 5) is 21.0. The minimum Gasteiger partial charge on any atom is -0.381 e. The molecular weight excluding hydrogens is 466 g/mol. The number of anilines is 2. The van der Waals surface area contributed by atoms with Crippen LogP contribution in [0.2, 0.25) is 0 Å². The van der Waals surface area contributed by atoms with E-state index in [2.05, 4.69) is 32.0 Å². The highest BCUT2D eigenvalue weighted by atomic mass is 16.5. The molecule has 0 aliphatic carbocycles. The lowest BCUT2D eigenvalue weighted by atomic mass is 9.92. The van der Waals surface area contributed by atoms with Crippen LogP contribution in [-0.2, 0) is 28.9 Å². The van der Waals surface area contributed by atoms with Gasteiger partial charge in [0, 0.05) is 80.1 Å². The van der Waals surface area contributed by atoms with E-state index < -0.39 is 0 Å². The van der Waals surface area contributed by atoms with Crippen molar-refractivity contribution in [1.82, 2.24) is 20.0 Å². The third-order valence-electron chi connectivity index (χ3n) is 7.99. The van der Waals surface area contributed by atoms with Gasteiger partial charge in [0.2, 0.25) is 5.91 Å². The van der Waals surface area contributed by atoms with E-state index in [1.165, 1.54) is 11.3 Å². The van der Waals surface area contributed by atoms with Gasteiger partial charge in [-0.15, -0.1) is 0 Å². The molecule has 5 heterocycles. The molecule has 192 valence electrons. The average molecular weight is 500 g/mol. The lowest BCUT2D eigenvalue weighted by Gasteiger charge is -2.33. The number of aliphatic imine (C=N–C) groups is 1. The zero-order valence-electron chi connectivity index (χ0n) is 21.5. The van der Waals surface area contributed by atoms with Gasteiger partial charge in [-0.25, -0.2) is 0 Å². The molecule has 4 aliphatic rings. The Hall–Kier alpha value is -3.64. The Morgan fingerprint density at radius 2 is 2.05 bits per heavy atom. The Labute approximate surface area is 217 Å². The van der Waals surface area contributed by atoms with Crippen molar-refractivity contribution < 1.29 is 9.53 Å². The number of carbonyl (C=O) groups is 1. The smallest absolute Gasteiger partial charge is 0.219 e. The van der Waals surface area contributed by atoms with Crippen molar-refractivity contribution in [1.29, 1.82) is 5.26 Å². The minimum atomic E-state index is 0.0361. The molecule has 2 aromatic rings. The van der Waals surface area contributed by atoms with Crippen molar-refractivity contribution in [3.8, 4) is 6.07 Å². The van der Waals surface area contributed by atoms with E-state index in [1.54, 1.807) is 6.92 Å². The number of nitrogens with one attached hydrogen (secondary N) is 1. The van der Waals surface area contributed by atoms with E-state index in [9.17, 15) is 10.1 Å². The second kappa shape index (κ2) is 9.67. The molecule has 4 aliphatic heterocycles. The first-order valence-corrected chi connectivity index (χ1v) is 13.3. The fraction of sp³-hybridized carbons (Fsp3) is 0.500. The summed E-state index contributed by atoms with van der Waals surface area (Å²) in [6.07, 6.45) is 8.49. The molecule has 1 aromatic heterocycles. The molecule has 1 fully saturated rings. The average Bonchev–Trinajstić information content (AvgIpc) is 3.31. The van der Waals surface area contributed by atoms with Crippen LogP contribution in [0.3, 0.4) is 0 Å². The maximum Gasteiger partial charge on any atom is 0.219 e.